The van der Waals surface area contributed by atoms with Crippen molar-refractivity contribution >= 4 is 40.3 Å². The highest BCUT2D eigenvalue weighted by Crippen LogP contribution is 2.38. The maximum atomic E-state index is 13.1. The SMILES string of the molecule is CCc1ccc(Nc2ncnc(Nc3ccc(Cl)c(C(F)(F)F)c3)c2[N+](=O)[O-])cc1. The minimum atomic E-state index is -4.68. The number of nitrogens with one attached hydrogen (secondary N) is 2. The van der Waals surface area contributed by atoms with E-state index in [1.807, 2.05) is 19.1 Å². The first-order valence-corrected chi connectivity index (χ1v) is 9.06. The molecule has 0 radical (unpaired) electrons. The lowest BCUT2D eigenvalue weighted by Crippen LogP contribution is -2.08. The molecule has 3 aromatic rings. The molecule has 0 spiro atoms. The van der Waals surface area contributed by atoms with Crippen molar-refractivity contribution in [1.29, 1.82) is 0 Å². The van der Waals surface area contributed by atoms with Gasteiger partial charge in [0.15, 0.2) is 0 Å². The van der Waals surface area contributed by atoms with Gasteiger partial charge in [0.05, 0.1) is 15.5 Å². The highest BCUT2D eigenvalue weighted by Gasteiger charge is 2.33. The zero-order valence-corrected chi connectivity index (χ0v) is 16.3. The number of anilines is 4. The lowest BCUT2D eigenvalue weighted by Gasteiger charge is -2.13. The third kappa shape index (κ3) is 4.77. The molecule has 30 heavy (non-hydrogen) atoms. The van der Waals surface area contributed by atoms with Gasteiger partial charge < -0.3 is 10.6 Å². The summed E-state index contributed by atoms with van der Waals surface area (Å²) < 4.78 is 39.2. The summed E-state index contributed by atoms with van der Waals surface area (Å²) in [4.78, 5) is 18.7. The van der Waals surface area contributed by atoms with Gasteiger partial charge in [0.1, 0.15) is 6.33 Å². The van der Waals surface area contributed by atoms with Crippen LogP contribution < -0.4 is 10.6 Å². The first kappa shape index (κ1) is 21.3. The Hall–Kier alpha value is -3.40. The number of hydrogen-bond acceptors (Lipinski definition) is 6. The molecule has 3 rings (SSSR count). The van der Waals surface area contributed by atoms with Gasteiger partial charge in [-0.05, 0) is 42.3 Å². The smallest absolute Gasteiger partial charge is 0.334 e. The quantitative estimate of drug-likeness (QED) is 0.357. The van der Waals surface area contributed by atoms with Gasteiger partial charge in [-0.1, -0.05) is 30.7 Å². The van der Waals surface area contributed by atoms with Crippen LogP contribution in [0.1, 0.15) is 18.1 Å². The van der Waals surface area contributed by atoms with Crippen LogP contribution in [0.5, 0.6) is 0 Å². The van der Waals surface area contributed by atoms with E-state index in [9.17, 15) is 23.3 Å². The highest BCUT2D eigenvalue weighted by molar-refractivity contribution is 6.31. The molecule has 1 aromatic heterocycles. The number of alkyl halides is 3. The standard InChI is InChI=1S/C19H15ClF3N5O2/c1-2-11-3-5-12(6-4-11)26-17-16(28(29)30)18(25-10-24-17)27-13-7-8-15(20)14(9-13)19(21,22)23/h3-10H,2H2,1H3,(H2,24,25,26,27). The molecule has 2 aromatic carbocycles. The van der Waals surface area contributed by atoms with Crippen LogP contribution in [0.25, 0.3) is 0 Å². The molecular weight excluding hydrogens is 423 g/mol. The predicted molar refractivity (Wildman–Crippen MR) is 108 cm³/mol. The van der Waals surface area contributed by atoms with Crippen LogP contribution in [-0.4, -0.2) is 14.9 Å². The fourth-order valence-corrected chi connectivity index (χ4v) is 2.88. The van der Waals surface area contributed by atoms with E-state index in [2.05, 4.69) is 20.6 Å². The molecule has 0 aliphatic rings. The van der Waals surface area contributed by atoms with Crippen molar-refractivity contribution in [2.75, 3.05) is 10.6 Å². The van der Waals surface area contributed by atoms with Gasteiger partial charge in [-0.15, -0.1) is 0 Å². The number of hydrogen-bond donors (Lipinski definition) is 2. The third-order valence-electron chi connectivity index (χ3n) is 4.16. The van der Waals surface area contributed by atoms with Gasteiger partial charge in [-0.3, -0.25) is 10.1 Å². The normalized spacial score (nSPS) is 11.2. The zero-order valence-electron chi connectivity index (χ0n) is 15.5. The third-order valence-corrected chi connectivity index (χ3v) is 4.49. The molecular formula is C19H15ClF3N5O2. The topological polar surface area (TPSA) is 93.0 Å². The van der Waals surface area contributed by atoms with Crippen molar-refractivity contribution in [3.8, 4) is 0 Å². The van der Waals surface area contributed by atoms with Crippen LogP contribution in [0, 0.1) is 10.1 Å². The molecule has 0 unspecified atom stereocenters. The maximum absolute atomic E-state index is 13.1. The Bertz CT molecular complexity index is 1070. The summed E-state index contributed by atoms with van der Waals surface area (Å²) in [6.45, 7) is 2.00. The molecule has 0 atom stereocenters. The van der Waals surface area contributed by atoms with E-state index in [0.717, 1.165) is 30.4 Å². The first-order chi connectivity index (χ1) is 14.2. The van der Waals surface area contributed by atoms with Crippen LogP contribution in [-0.2, 0) is 12.6 Å². The summed E-state index contributed by atoms with van der Waals surface area (Å²) in [7, 11) is 0. The van der Waals surface area contributed by atoms with Crippen LogP contribution in [0.4, 0.5) is 41.9 Å². The summed E-state index contributed by atoms with van der Waals surface area (Å²) in [6.07, 6.45) is -2.77. The Labute approximate surface area is 174 Å². The summed E-state index contributed by atoms with van der Waals surface area (Å²) in [5.74, 6) is -0.370. The average molecular weight is 438 g/mol. The molecule has 0 saturated carbocycles. The van der Waals surface area contributed by atoms with Crippen molar-refractivity contribution in [1.82, 2.24) is 9.97 Å². The first-order valence-electron chi connectivity index (χ1n) is 8.68. The zero-order chi connectivity index (χ0) is 21.9. The highest BCUT2D eigenvalue weighted by atomic mass is 35.5. The number of nitro groups is 1. The van der Waals surface area contributed by atoms with Crippen molar-refractivity contribution in [3.63, 3.8) is 0 Å². The van der Waals surface area contributed by atoms with E-state index in [-0.39, 0.29) is 17.3 Å². The molecule has 0 amide bonds. The van der Waals surface area contributed by atoms with E-state index in [1.165, 1.54) is 6.07 Å². The van der Waals surface area contributed by atoms with Crippen LogP contribution >= 0.6 is 11.6 Å². The van der Waals surface area contributed by atoms with Crippen LogP contribution in [0.2, 0.25) is 5.02 Å². The molecule has 7 nitrogen and oxygen atoms in total. The molecule has 2 N–H and O–H groups in total. The lowest BCUT2D eigenvalue weighted by atomic mass is 10.1. The minimum absolute atomic E-state index is 0.0632. The lowest BCUT2D eigenvalue weighted by molar-refractivity contribution is -0.383. The Morgan fingerprint density at radius 2 is 1.60 bits per heavy atom. The van der Waals surface area contributed by atoms with E-state index in [4.69, 9.17) is 11.6 Å². The number of nitrogens with zero attached hydrogens (tertiary/aromatic N) is 3. The molecule has 0 bridgehead atoms. The van der Waals surface area contributed by atoms with Crippen molar-refractivity contribution in [3.05, 3.63) is 75.1 Å². The fourth-order valence-electron chi connectivity index (χ4n) is 2.65. The Morgan fingerprint density at radius 1 is 1.03 bits per heavy atom. The Balaban J connectivity index is 1.96. The van der Waals surface area contributed by atoms with Gasteiger partial charge in [-0.25, -0.2) is 9.97 Å². The Morgan fingerprint density at radius 3 is 2.13 bits per heavy atom. The van der Waals surface area contributed by atoms with E-state index >= 15 is 0 Å². The van der Waals surface area contributed by atoms with Crippen molar-refractivity contribution in [2.45, 2.75) is 19.5 Å². The molecule has 1 heterocycles. The van der Waals surface area contributed by atoms with Gasteiger partial charge in [-0.2, -0.15) is 13.2 Å². The van der Waals surface area contributed by atoms with Gasteiger partial charge in [0.2, 0.25) is 11.6 Å². The second kappa shape index (κ2) is 8.54. The molecule has 156 valence electrons. The van der Waals surface area contributed by atoms with E-state index < -0.39 is 27.4 Å². The van der Waals surface area contributed by atoms with E-state index in [0.29, 0.717) is 5.69 Å². The summed E-state index contributed by atoms with van der Waals surface area (Å²) >= 11 is 5.61. The molecule has 0 aliphatic heterocycles. The summed E-state index contributed by atoms with van der Waals surface area (Å²) in [6, 6.07) is 10.3. The molecule has 11 heteroatoms. The largest absolute Gasteiger partial charge is 0.417 e. The number of halogens is 4. The molecule has 0 fully saturated rings. The second-order valence-electron chi connectivity index (χ2n) is 6.17. The molecule has 0 aliphatic carbocycles. The number of rotatable bonds is 6. The van der Waals surface area contributed by atoms with Crippen LogP contribution in [0.3, 0.4) is 0 Å². The monoisotopic (exact) mass is 437 g/mol. The fraction of sp³-hybridized carbons (Fsp3) is 0.158. The molecule has 0 saturated heterocycles. The van der Waals surface area contributed by atoms with Crippen molar-refractivity contribution < 1.29 is 18.1 Å². The number of aromatic nitrogens is 2. The predicted octanol–water partition coefficient (Wildman–Crippen LogP) is 6.11. The van der Waals surface area contributed by atoms with Gasteiger partial charge in [0.25, 0.3) is 0 Å². The number of aryl methyl sites for hydroxylation is 1. The van der Waals surface area contributed by atoms with E-state index in [1.54, 1.807) is 12.1 Å². The van der Waals surface area contributed by atoms with Gasteiger partial charge >= 0.3 is 11.9 Å². The van der Waals surface area contributed by atoms with Crippen LogP contribution in [0.15, 0.2) is 48.8 Å². The Kier molecular flexibility index (Phi) is 6.06. The van der Waals surface area contributed by atoms with Gasteiger partial charge in [0, 0.05) is 11.4 Å². The average Bonchev–Trinajstić information content (AvgIpc) is 2.69. The summed E-state index contributed by atoms with van der Waals surface area (Å²) in [5, 5.41) is 16.6. The maximum Gasteiger partial charge on any atom is 0.417 e. The van der Waals surface area contributed by atoms with Crippen molar-refractivity contribution in [2.24, 2.45) is 0 Å². The minimum Gasteiger partial charge on any atom is -0.334 e. The second-order valence-corrected chi connectivity index (χ2v) is 6.58. The summed E-state index contributed by atoms with van der Waals surface area (Å²) in [5.41, 5.74) is 0.00156. The number of benzene rings is 2.